The lowest BCUT2D eigenvalue weighted by Gasteiger charge is -2.20. The number of aromatic nitrogens is 2. The molecule has 3 aromatic heterocycles. The summed E-state index contributed by atoms with van der Waals surface area (Å²) in [6.07, 6.45) is 4.66. The molecular formula is C31H24ClFN4O4S. The summed E-state index contributed by atoms with van der Waals surface area (Å²) in [6, 6.07) is 20.1. The summed E-state index contributed by atoms with van der Waals surface area (Å²) in [4.78, 5) is 17.8. The molecule has 1 N–H and O–H groups in total. The maximum atomic E-state index is 13.7. The number of hydrogen-bond donors (Lipinski definition) is 1. The standard InChI is InChI=1S/C31H24ClFN4O4S/c1-34-31(38)29-24-15-23(19-14-27-25(35-17-19)12-13-37(27)22-10-6-20(32)7-11-22)26(36(2)42(3,39)40)16-28(24)41-30(29)18-4-8-21(33)9-5-18/h4-17H,1-3H3,(H,34,38). The zero-order chi connectivity index (χ0) is 29.8. The molecule has 3 aromatic carbocycles. The molecule has 0 saturated carbocycles. The first-order valence-electron chi connectivity index (χ1n) is 12.8. The number of nitrogens with zero attached hydrogens (tertiary/aromatic N) is 3. The number of sulfonamides is 1. The van der Waals surface area contributed by atoms with E-state index in [-0.39, 0.29) is 11.3 Å². The summed E-state index contributed by atoms with van der Waals surface area (Å²) in [5, 5.41) is 3.72. The van der Waals surface area contributed by atoms with Crippen molar-refractivity contribution in [2.45, 2.75) is 0 Å². The molecule has 42 heavy (non-hydrogen) atoms. The van der Waals surface area contributed by atoms with E-state index >= 15 is 0 Å². The van der Waals surface area contributed by atoms with Crippen molar-refractivity contribution >= 4 is 55.2 Å². The largest absolute Gasteiger partial charge is 0.455 e. The van der Waals surface area contributed by atoms with Gasteiger partial charge in [0.2, 0.25) is 10.0 Å². The minimum absolute atomic E-state index is 0.236. The molecule has 0 unspecified atom stereocenters. The number of amides is 1. The van der Waals surface area contributed by atoms with E-state index in [9.17, 15) is 17.6 Å². The molecule has 1 amide bonds. The second-order valence-corrected chi connectivity index (χ2v) is 12.2. The van der Waals surface area contributed by atoms with Crippen LogP contribution in [-0.4, -0.2) is 44.2 Å². The van der Waals surface area contributed by atoms with Gasteiger partial charge >= 0.3 is 0 Å². The number of fused-ring (bicyclic) bond motifs is 2. The van der Waals surface area contributed by atoms with Gasteiger partial charge in [-0.3, -0.25) is 14.1 Å². The van der Waals surface area contributed by atoms with E-state index in [1.54, 1.807) is 30.5 Å². The Labute approximate surface area is 246 Å². The number of carbonyl (C=O) groups is 1. The van der Waals surface area contributed by atoms with Gasteiger partial charge in [-0.05, 0) is 66.7 Å². The van der Waals surface area contributed by atoms with Crippen LogP contribution < -0.4 is 9.62 Å². The predicted molar refractivity (Wildman–Crippen MR) is 163 cm³/mol. The Bertz CT molecular complexity index is 2100. The molecule has 0 saturated heterocycles. The predicted octanol–water partition coefficient (Wildman–Crippen LogP) is 6.65. The second-order valence-electron chi connectivity index (χ2n) is 9.78. The zero-order valence-corrected chi connectivity index (χ0v) is 24.3. The molecule has 0 aliphatic heterocycles. The third kappa shape index (κ3) is 4.78. The molecule has 0 bridgehead atoms. The van der Waals surface area contributed by atoms with Crippen LogP contribution in [0.15, 0.2) is 89.6 Å². The molecule has 0 aliphatic carbocycles. The summed E-state index contributed by atoms with van der Waals surface area (Å²) < 4.78 is 48.4. The topological polar surface area (TPSA) is 97.4 Å². The van der Waals surface area contributed by atoms with Gasteiger partial charge in [0.05, 0.1) is 28.5 Å². The number of anilines is 1. The van der Waals surface area contributed by atoms with Crippen molar-refractivity contribution in [3.8, 4) is 28.1 Å². The third-order valence-electron chi connectivity index (χ3n) is 7.16. The highest BCUT2D eigenvalue weighted by Crippen LogP contribution is 2.41. The number of benzene rings is 3. The fourth-order valence-corrected chi connectivity index (χ4v) is 5.58. The van der Waals surface area contributed by atoms with E-state index in [0.29, 0.717) is 38.4 Å². The minimum Gasteiger partial charge on any atom is -0.455 e. The first-order valence-corrected chi connectivity index (χ1v) is 15.0. The summed E-state index contributed by atoms with van der Waals surface area (Å²) >= 11 is 6.09. The summed E-state index contributed by atoms with van der Waals surface area (Å²) in [7, 11) is -0.735. The van der Waals surface area contributed by atoms with E-state index in [1.807, 2.05) is 35.0 Å². The third-order valence-corrected chi connectivity index (χ3v) is 8.60. The highest BCUT2D eigenvalue weighted by Gasteiger charge is 2.26. The lowest BCUT2D eigenvalue weighted by atomic mass is 9.99. The average molecular weight is 603 g/mol. The van der Waals surface area contributed by atoms with Crippen LogP contribution in [0, 0.1) is 5.82 Å². The van der Waals surface area contributed by atoms with Crippen molar-refractivity contribution < 1.29 is 22.0 Å². The Hall–Kier alpha value is -4.67. The van der Waals surface area contributed by atoms with Crippen molar-refractivity contribution in [2.24, 2.45) is 0 Å². The Kier molecular flexibility index (Phi) is 6.75. The van der Waals surface area contributed by atoms with E-state index in [4.69, 9.17) is 16.0 Å². The molecule has 0 aliphatic rings. The molecule has 8 nitrogen and oxygen atoms in total. The maximum Gasteiger partial charge on any atom is 0.255 e. The lowest BCUT2D eigenvalue weighted by molar-refractivity contribution is 0.0964. The van der Waals surface area contributed by atoms with E-state index < -0.39 is 21.7 Å². The Morgan fingerprint density at radius 3 is 2.40 bits per heavy atom. The molecule has 3 heterocycles. The first-order chi connectivity index (χ1) is 20.0. The molecule has 6 aromatic rings. The molecule has 0 fully saturated rings. The van der Waals surface area contributed by atoms with Gasteiger partial charge in [-0.2, -0.15) is 0 Å². The van der Waals surface area contributed by atoms with Gasteiger partial charge in [0.15, 0.2) is 0 Å². The molecule has 0 radical (unpaired) electrons. The van der Waals surface area contributed by atoms with E-state index in [2.05, 4.69) is 10.3 Å². The molecule has 0 spiro atoms. The van der Waals surface area contributed by atoms with Gasteiger partial charge in [0, 0.05) is 65.3 Å². The van der Waals surface area contributed by atoms with Gasteiger partial charge in [-0.1, -0.05) is 11.6 Å². The number of carbonyl (C=O) groups excluding carboxylic acids is 1. The normalized spacial score (nSPS) is 11.7. The van der Waals surface area contributed by atoms with Gasteiger partial charge < -0.3 is 14.3 Å². The van der Waals surface area contributed by atoms with Crippen molar-refractivity contribution in [3.05, 3.63) is 102 Å². The zero-order valence-electron chi connectivity index (χ0n) is 22.7. The quantitative estimate of drug-likeness (QED) is 0.230. The van der Waals surface area contributed by atoms with Gasteiger partial charge in [0.1, 0.15) is 17.2 Å². The Balaban J connectivity index is 1.63. The fraction of sp³-hybridized carbons (Fsp3) is 0.0968. The van der Waals surface area contributed by atoms with Crippen LogP contribution in [0.5, 0.6) is 0 Å². The summed E-state index contributed by atoms with van der Waals surface area (Å²) in [5.74, 6) is -0.602. The monoisotopic (exact) mass is 602 g/mol. The van der Waals surface area contributed by atoms with Crippen LogP contribution >= 0.6 is 11.6 Å². The molecule has 6 rings (SSSR count). The van der Waals surface area contributed by atoms with Crippen LogP contribution in [0.3, 0.4) is 0 Å². The van der Waals surface area contributed by atoms with Gasteiger partial charge in [-0.25, -0.2) is 12.8 Å². The minimum atomic E-state index is -3.69. The number of nitrogens with one attached hydrogen (secondary N) is 1. The van der Waals surface area contributed by atoms with Crippen molar-refractivity contribution in [1.82, 2.24) is 14.9 Å². The van der Waals surface area contributed by atoms with Crippen molar-refractivity contribution in [3.63, 3.8) is 0 Å². The van der Waals surface area contributed by atoms with Crippen LogP contribution in [0.1, 0.15) is 10.4 Å². The number of furan rings is 1. The average Bonchev–Trinajstić information content (AvgIpc) is 3.57. The summed E-state index contributed by atoms with van der Waals surface area (Å²) in [6.45, 7) is 0. The first kappa shape index (κ1) is 27.5. The number of rotatable bonds is 6. The molecule has 0 atom stereocenters. The van der Waals surface area contributed by atoms with Crippen LogP contribution in [0.25, 0.3) is 50.1 Å². The van der Waals surface area contributed by atoms with Crippen molar-refractivity contribution in [1.29, 1.82) is 0 Å². The number of pyridine rings is 1. The molecule has 11 heteroatoms. The highest BCUT2D eigenvalue weighted by atomic mass is 35.5. The van der Waals surface area contributed by atoms with E-state index in [0.717, 1.165) is 27.3 Å². The van der Waals surface area contributed by atoms with Crippen LogP contribution in [0.2, 0.25) is 5.02 Å². The molecular weight excluding hydrogens is 579 g/mol. The summed E-state index contributed by atoms with van der Waals surface area (Å²) in [5.41, 5.74) is 4.90. The van der Waals surface area contributed by atoms with E-state index in [1.165, 1.54) is 38.4 Å². The Morgan fingerprint density at radius 1 is 1.02 bits per heavy atom. The smallest absolute Gasteiger partial charge is 0.255 e. The van der Waals surface area contributed by atoms with Crippen LogP contribution in [-0.2, 0) is 10.0 Å². The Morgan fingerprint density at radius 2 is 1.74 bits per heavy atom. The number of halogens is 2. The maximum absolute atomic E-state index is 13.7. The highest BCUT2D eigenvalue weighted by molar-refractivity contribution is 7.92. The van der Waals surface area contributed by atoms with Gasteiger partial charge in [0.25, 0.3) is 5.91 Å². The van der Waals surface area contributed by atoms with Crippen LogP contribution in [0.4, 0.5) is 10.1 Å². The molecule has 212 valence electrons. The number of hydrogen-bond acceptors (Lipinski definition) is 5. The van der Waals surface area contributed by atoms with Gasteiger partial charge in [-0.15, -0.1) is 0 Å². The lowest BCUT2D eigenvalue weighted by Crippen LogP contribution is -2.25. The SMILES string of the molecule is CNC(=O)c1c(-c2ccc(F)cc2)oc2cc(N(C)S(C)(=O)=O)c(-c3cnc4ccn(-c5ccc(Cl)cc5)c4c3)cc12. The fourth-order valence-electron chi connectivity index (χ4n) is 4.94. The second kappa shape index (κ2) is 10.3. The van der Waals surface area contributed by atoms with Crippen molar-refractivity contribution in [2.75, 3.05) is 24.7 Å².